The fourth-order valence-corrected chi connectivity index (χ4v) is 1.68. The molecule has 0 saturated heterocycles. The summed E-state index contributed by atoms with van der Waals surface area (Å²) in [7, 11) is 0. The minimum atomic E-state index is 0.304. The van der Waals surface area contributed by atoms with Crippen molar-refractivity contribution < 1.29 is 0 Å². The van der Waals surface area contributed by atoms with Gasteiger partial charge in [0.15, 0.2) is 0 Å². The van der Waals surface area contributed by atoms with Crippen LogP contribution in [-0.4, -0.2) is 14.8 Å². The van der Waals surface area contributed by atoms with Crippen molar-refractivity contribution in [2.75, 3.05) is 5.73 Å². The average Bonchev–Trinajstić information content (AvgIpc) is 2.71. The Labute approximate surface area is 99.1 Å². The molecule has 0 fully saturated rings. The van der Waals surface area contributed by atoms with Gasteiger partial charge in [0.05, 0.1) is 10.7 Å². The van der Waals surface area contributed by atoms with Gasteiger partial charge >= 0.3 is 0 Å². The van der Waals surface area contributed by atoms with Crippen molar-refractivity contribution in [1.82, 2.24) is 14.8 Å². The van der Waals surface area contributed by atoms with Gasteiger partial charge in [-0.05, 0) is 18.2 Å². The molecule has 4 nitrogen and oxygen atoms in total. The second kappa shape index (κ2) is 4.14. The van der Waals surface area contributed by atoms with Crippen LogP contribution in [0, 0.1) is 0 Å². The van der Waals surface area contributed by atoms with E-state index in [0.717, 1.165) is 11.5 Å². The number of nitrogens with zero attached hydrogens (tertiary/aromatic N) is 3. The van der Waals surface area contributed by atoms with Gasteiger partial charge in [-0.3, -0.25) is 4.57 Å². The SMILES string of the molecule is CC(C)c1nncn1-c1ccc(N)c(Cl)c1. The Morgan fingerprint density at radius 1 is 1.38 bits per heavy atom. The summed E-state index contributed by atoms with van der Waals surface area (Å²) in [5, 5.41) is 8.54. The highest BCUT2D eigenvalue weighted by atomic mass is 35.5. The molecule has 2 N–H and O–H groups in total. The third kappa shape index (κ3) is 1.88. The number of rotatable bonds is 2. The summed E-state index contributed by atoms with van der Waals surface area (Å²) >= 11 is 5.98. The van der Waals surface area contributed by atoms with E-state index in [-0.39, 0.29) is 0 Å². The molecule has 0 spiro atoms. The van der Waals surface area contributed by atoms with Gasteiger partial charge in [0.25, 0.3) is 0 Å². The highest BCUT2D eigenvalue weighted by Gasteiger charge is 2.10. The average molecular weight is 237 g/mol. The number of benzene rings is 1. The molecule has 2 rings (SSSR count). The molecule has 1 heterocycles. The summed E-state index contributed by atoms with van der Waals surface area (Å²) in [6.45, 7) is 4.14. The first-order chi connectivity index (χ1) is 7.59. The van der Waals surface area contributed by atoms with Crippen LogP contribution in [0.1, 0.15) is 25.6 Å². The number of anilines is 1. The molecule has 1 aromatic carbocycles. The lowest BCUT2D eigenvalue weighted by Crippen LogP contribution is -2.02. The molecule has 1 aromatic heterocycles. The molecule has 0 amide bonds. The summed E-state index contributed by atoms with van der Waals surface area (Å²) < 4.78 is 1.91. The minimum absolute atomic E-state index is 0.304. The fraction of sp³-hybridized carbons (Fsp3) is 0.273. The van der Waals surface area contributed by atoms with E-state index in [1.165, 1.54) is 0 Å². The maximum absolute atomic E-state index is 5.98. The van der Waals surface area contributed by atoms with Crippen LogP contribution in [0.3, 0.4) is 0 Å². The number of hydrogen-bond donors (Lipinski definition) is 1. The Kier molecular flexibility index (Phi) is 2.83. The predicted molar refractivity (Wildman–Crippen MR) is 64.9 cm³/mol. The van der Waals surface area contributed by atoms with Gasteiger partial charge in [0.1, 0.15) is 12.2 Å². The lowest BCUT2D eigenvalue weighted by molar-refractivity contribution is 0.745. The molecule has 0 aliphatic rings. The molecule has 0 radical (unpaired) electrons. The standard InChI is InChI=1S/C11H13ClN4/c1-7(2)11-15-14-6-16(11)8-3-4-10(13)9(12)5-8/h3-7H,13H2,1-2H3. The third-order valence-electron chi connectivity index (χ3n) is 2.35. The van der Waals surface area contributed by atoms with Gasteiger partial charge in [-0.1, -0.05) is 25.4 Å². The van der Waals surface area contributed by atoms with E-state index in [9.17, 15) is 0 Å². The predicted octanol–water partition coefficient (Wildman–Crippen LogP) is 2.63. The fourth-order valence-electron chi connectivity index (χ4n) is 1.50. The van der Waals surface area contributed by atoms with E-state index in [1.54, 1.807) is 12.4 Å². The van der Waals surface area contributed by atoms with E-state index < -0.39 is 0 Å². The number of hydrogen-bond acceptors (Lipinski definition) is 3. The zero-order valence-electron chi connectivity index (χ0n) is 9.18. The first kappa shape index (κ1) is 11.0. The summed E-state index contributed by atoms with van der Waals surface area (Å²) in [6, 6.07) is 5.49. The van der Waals surface area contributed by atoms with Gasteiger partial charge in [-0.2, -0.15) is 0 Å². The second-order valence-corrected chi connectivity index (χ2v) is 4.33. The molecule has 2 aromatic rings. The molecule has 0 unspecified atom stereocenters. The van der Waals surface area contributed by atoms with Gasteiger partial charge in [-0.25, -0.2) is 0 Å². The molecule has 0 aliphatic carbocycles. The van der Waals surface area contributed by atoms with Crippen LogP contribution in [0.15, 0.2) is 24.5 Å². The Hall–Kier alpha value is -1.55. The zero-order chi connectivity index (χ0) is 11.7. The third-order valence-corrected chi connectivity index (χ3v) is 2.68. The molecule has 0 saturated carbocycles. The Balaban J connectivity index is 2.50. The molecule has 0 atom stereocenters. The van der Waals surface area contributed by atoms with Crippen molar-refractivity contribution in [2.24, 2.45) is 0 Å². The quantitative estimate of drug-likeness (QED) is 0.816. The Morgan fingerprint density at radius 3 is 2.75 bits per heavy atom. The van der Waals surface area contributed by atoms with Gasteiger partial charge in [0, 0.05) is 11.6 Å². The van der Waals surface area contributed by atoms with Crippen LogP contribution >= 0.6 is 11.6 Å². The molecule has 0 bridgehead atoms. The van der Waals surface area contributed by atoms with Gasteiger partial charge < -0.3 is 5.73 Å². The van der Waals surface area contributed by atoms with Crippen molar-refractivity contribution >= 4 is 17.3 Å². The first-order valence-corrected chi connectivity index (χ1v) is 5.42. The summed E-state index contributed by atoms with van der Waals surface area (Å²) in [5.41, 5.74) is 7.17. The van der Waals surface area contributed by atoms with E-state index in [0.29, 0.717) is 16.6 Å². The number of nitrogen functional groups attached to an aromatic ring is 1. The van der Waals surface area contributed by atoms with Crippen LogP contribution in [0.4, 0.5) is 5.69 Å². The Morgan fingerprint density at radius 2 is 2.12 bits per heavy atom. The highest BCUT2D eigenvalue weighted by Crippen LogP contribution is 2.23. The Bertz CT molecular complexity index is 504. The number of halogens is 1. The maximum atomic E-state index is 5.98. The van der Waals surface area contributed by atoms with E-state index in [1.807, 2.05) is 16.7 Å². The molecule has 84 valence electrons. The molecular weight excluding hydrogens is 224 g/mol. The number of aromatic nitrogens is 3. The van der Waals surface area contributed by atoms with Crippen molar-refractivity contribution in [3.8, 4) is 5.69 Å². The number of nitrogens with two attached hydrogens (primary N) is 1. The van der Waals surface area contributed by atoms with Crippen molar-refractivity contribution in [2.45, 2.75) is 19.8 Å². The second-order valence-electron chi connectivity index (χ2n) is 3.92. The van der Waals surface area contributed by atoms with Crippen molar-refractivity contribution in [3.63, 3.8) is 0 Å². The topological polar surface area (TPSA) is 56.7 Å². The van der Waals surface area contributed by atoms with E-state index in [4.69, 9.17) is 17.3 Å². The van der Waals surface area contributed by atoms with Crippen LogP contribution in [0.25, 0.3) is 5.69 Å². The summed E-state index contributed by atoms with van der Waals surface area (Å²) in [6.07, 6.45) is 1.68. The largest absolute Gasteiger partial charge is 0.398 e. The van der Waals surface area contributed by atoms with E-state index >= 15 is 0 Å². The molecule has 0 aliphatic heterocycles. The van der Waals surface area contributed by atoms with Crippen LogP contribution in [0.2, 0.25) is 5.02 Å². The highest BCUT2D eigenvalue weighted by molar-refractivity contribution is 6.33. The van der Waals surface area contributed by atoms with Crippen LogP contribution < -0.4 is 5.73 Å². The van der Waals surface area contributed by atoms with Gasteiger partial charge in [0.2, 0.25) is 0 Å². The van der Waals surface area contributed by atoms with Crippen LogP contribution in [-0.2, 0) is 0 Å². The van der Waals surface area contributed by atoms with Crippen molar-refractivity contribution in [3.05, 3.63) is 35.4 Å². The molecule has 16 heavy (non-hydrogen) atoms. The van der Waals surface area contributed by atoms with E-state index in [2.05, 4.69) is 24.0 Å². The summed E-state index contributed by atoms with van der Waals surface area (Å²) in [5.74, 6) is 1.21. The zero-order valence-corrected chi connectivity index (χ0v) is 9.94. The maximum Gasteiger partial charge on any atom is 0.139 e. The molecule has 5 heteroatoms. The smallest absolute Gasteiger partial charge is 0.139 e. The van der Waals surface area contributed by atoms with Gasteiger partial charge in [-0.15, -0.1) is 10.2 Å². The minimum Gasteiger partial charge on any atom is -0.398 e. The van der Waals surface area contributed by atoms with Crippen molar-refractivity contribution in [1.29, 1.82) is 0 Å². The van der Waals surface area contributed by atoms with Crippen LogP contribution in [0.5, 0.6) is 0 Å². The summed E-state index contributed by atoms with van der Waals surface area (Å²) in [4.78, 5) is 0. The first-order valence-electron chi connectivity index (χ1n) is 5.05. The normalized spacial score (nSPS) is 11.0. The lowest BCUT2D eigenvalue weighted by Gasteiger charge is -2.09. The monoisotopic (exact) mass is 236 g/mol. The lowest BCUT2D eigenvalue weighted by atomic mass is 10.2. The molecular formula is C11H13ClN4.